The number of fused-ring (bicyclic) bond motifs is 1. The standard InChI is InChI=1S/C16H19N3O/c20-16(19-11-8-12-4-2-9-17-12)14-5-1-7-15-13(14)6-3-10-18-15/h1,3,5-7,10,12,17H,2,4,8-9,11H2,(H,19,20)/t12-/m0/s1. The van der Waals surface area contributed by atoms with Gasteiger partial charge in [-0.1, -0.05) is 12.1 Å². The molecule has 0 unspecified atom stereocenters. The Bertz CT molecular complexity index is 600. The van der Waals surface area contributed by atoms with E-state index in [1.165, 1.54) is 12.8 Å². The van der Waals surface area contributed by atoms with Gasteiger partial charge in [-0.25, -0.2) is 0 Å². The highest BCUT2D eigenvalue weighted by molar-refractivity contribution is 6.06. The summed E-state index contributed by atoms with van der Waals surface area (Å²) in [6.45, 7) is 1.82. The van der Waals surface area contributed by atoms with E-state index in [0.717, 1.165) is 23.9 Å². The highest BCUT2D eigenvalue weighted by Gasteiger charge is 2.14. The lowest BCUT2D eigenvalue weighted by molar-refractivity contribution is 0.0954. The summed E-state index contributed by atoms with van der Waals surface area (Å²) >= 11 is 0. The number of pyridine rings is 1. The highest BCUT2D eigenvalue weighted by Crippen LogP contribution is 2.16. The number of hydrogen-bond acceptors (Lipinski definition) is 3. The molecule has 1 atom stereocenters. The Morgan fingerprint density at radius 2 is 2.30 bits per heavy atom. The summed E-state index contributed by atoms with van der Waals surface area (Å²) in [7, 11) is 0. The predicted octanol–water partition coefficient (Wildman–Crippen LogP) is 2.11. The first-order valence-electron chi connectivity index (χ1n) is 7.20. The molecule has 1 aliphatic heterocycles. The Balaban J connectivity index is 1.66. The fourth-order valence-electron chi connectivity index (χ4n) is 2.76. The maximum absolute atomic E-state index is 12.3. The van der Waals surface area contributed by atoms with Crippen LogP contribution in [0.5, 0.6) is 0 Å². The van der Waals surface area contributed by atoms with E-state index in [1.54, 1.807) is 6.20 Å². The summed E-state index contributed by atoms with van der Waals surface area (Å²) in [5.41, 5.74) is 1.56. The lowest BCUT2D eigenvalue weighted by Crippen LogP contribution is -2.30. The van der Waals surface area contributed by atoms with Crippen molar-refractivity contribution in [3.8, 4) is 0 Å². The van der Waals surface area contributed by atoms with Crippen molar-refractivity contribution in [1.82, 2.24) is 15.6 Å². The number of rotatable bonds is 4. The van der Waals surface area contributed by atoms with E-state index in [2.05, 4.69) is 15.6 Å². The number of carbonyl (C=O) groups is 1. The second kappa shape index (κ2) is 6.01. The Morgan fingerprint density at radius 1 is 1.35 bits per heavy atom. The van der Waals surface area contributed by atoms with Crippen LogP contribution in [0.2, 0.25) is 0 Å². The van der Waals surface area contributed by atoms with Crippen LogP contribution in [0, 0.1) is 0 Å². The number of aromatic nitrogens is 1. The number of carbonyl (C=O) groups excluding carboxylic acids is 1. The maximum Gasteiger partial charge on any atom is 0.251 e. The second-order valence-electron chi connectivity index (χ2n) is 5.21. The van der Waals surface area contributed by atoms with Crippen LogP contribution in [-0.4, -0.2) is 30.0 Å². The number of nitrogens with zero attached hydrogens (tertiary/aromatic N) is 1. The smallest absolute Gasteiger partial charge is 0.251 e. The lowest BCUT2D eigenvalue weighted by atomic mass is 10.1. The summed E-state index contributed by atoms with van der Waals surface area (Å²) in [6.07, 6.45) is 5.20. The number of hydrogen-bond donors (Lipinski definition) is 2. The molecule has 4 heteroatoms. The zero-order valence-electron chi connectivity index (χ0n) is 11.4. The van der Waals surface area contributed by atoms with Gasteiger partial charge < -0.3 is 10.6 Å². The average molecular weight is 269 g/mol. The van der Waals surface area contributed by atoms with E-state index in [-0.39, 0.29) is 5.91 Å². The Hall–Kier alpha value is -1.94. The van der Waals surface area contributed by atoms with Crippen LogP contribution < -0.4 is 10.6 Å². The van der Waals surface area contributed by atoms with Gasteiger partial charge in [-0.3, -0.25) is 9.78 Å². The molecule has 0 radical (unpaired) electrons. The summed E-state index contributed by atoms with van der Waals surface area (Å²) in [4.78, 5) is 16.6. The molecule has 0 aliphatic carbocycles. The molecular formula is C16H19N3O. The lowest BCUT2D eigenvalue weighted by Gasteiger charge is -2.11. The SMILES string of the molecule is O=C(NCC[C@@H]1CCCN1)c1cccc2ncccc12. The van der Waals surface area contributed by atoms with Gasteiger partial charge in [0.05, 0.1) is 5.52 Å². The van der Waals surface area contributed by atoms with Crippen molar-refractivity contribution in [2.75, 3.05) is 13.1 Å². The normalized spacial score (nSPS) is 18.3. The molecule has 1 aromatic carbocycles. The number of amides is 1. The molecule has 3 rings (SSSR count). The molecule has 1 fully saturated rings. The summed E-state index contributed by atoms with van der Waals surface area (Å²) in [6, 6.07) is 10.0. The fraction of sp³-hybridized carbons (Fsp3) is 0.375. The zero-order valence-corrected chi connectivity index (χ0v) is 11.4. The number of nitrogens with one attached hydrogen (secondary N) is 2. The molecule has 2 heterocycles. The van der Waals surface area contributed by atoms with Gasteiger partial charge in [-0.15, -0.1) is 0 Å². The Labute approximate surface area is 118 Å². The quantitative estimate of drug-likeness (QED) is 0.893. The molecule has 1 saturated heterocycles. The molecule has 0 bridgehead atoms. The van der Waals surface area contributed by atoms with E-state index >= 15 is 0 Å². The van der Waals surface area contributed by atoms with Crippen molar-refractivity contribution < 1.29 is 4.79 Å². The van der Waals surface area contributed by atoms with Crippen molar-refractivity contribution in [3.05, 3.63) is 42.1 Å². The van der Waals surface area contributed by atoms with Crippen molar-refractivity contribution in [2.45, 2.75) is 25.3 Å². The minimum atomic E-state index is -0.0124. The van der Waals surface area contributed by atoms with E-state index in [0.29, 0.717) is 18.2 Å². The molecule has 0 spiro atoms. The molecule has 2 N–H and O–H groups in total. The van der Waals surface area contributed by atoms with Crippen LogP contribution >= 0.6 is 0 Å². The van der Waals surface area contributed by atoms with Gasteiger partial charge in [0.2, 0.25) is 0 Å². The maximum atomic E-state index is 12.3. The third kappa shape index (κ3) is 2.80. The first-order chi connectivity index (χ1) is 9.84. The van der Waals surface area contributed by atoms with Crippen molar-refractivity contribution in [3.63, 3.8) is 0 Å². The van der Waals surface area contributed by atoms with Crippen LogP contribution in [-0.2, 0) is 0 Å². The van der Waals surface area contributed by atoms with Gasteiger partial charge in [0.15, 0.2) is 0 Å². The summed E-state index contributed by atoms with van der Waals surface area (Å²) in [5.74, 6) is -0.0124. The monoisotopic (exact) mass is 269 g/mol. The summed E-state index contributed by atoms with van der Waals surface area (Å²) < 4.78 is 0. The van der Waals surface area contributed by atoms with Crippen molar-refractivity contribution in [2.24, 2.45) is 0 Å². The minimum Gasteiger partial charge on any atom is -0.352 e. The Morgan fingerprint density at radius 3 is 3.15 bits per heavy atom. The largest absolute Gasteiger partial charge is 0.352 e. The van der Waals surface area contributed by atoms with Gasteiger partial charge in [0, 0.05) is 29.7 Å². The number of benzene rings is 1. The Kier molecular flexibility index (Phi) is 3.92. The molecule has 2 aromatic rings. The van der Waals surface area contributed by atoms with Crippen molar-refractivity contribution >= 4 is 16.8 Å². The zero-order chi connectivity index (χ0) is 13.8. The van der Waals surface area contributed by atoms with Crippen LogP contribution in [0.4, 0.5) is 0 Å². The topological polar surface area (TPSA) is 54.0 Å². The third-order valence-electron chi connectivity index (χ3n) is 3.83. The minimum absolute atomic E-state index is 0.0124. The van der Waals surface area contributed by atoms with Gasteiger partial charge in [-0.2, -0.15) is 0 Å². The van der Waals surface area contributed by atoms with Crippen molar-refractivity contribution in [1.29, 1.82) is 0 Å². The van der Waals surface area contributed by atoms with Gasteiger partial charge >= 0.3 is 0 Å². The second-order valence-corrected chi connectivity index (χ2v) is 5.21. The van der Waals surface area contributed by atoms with E-state index < -0.39 is 0 Å². The fourth-order valence-corrected chi connectivity index (χ4v) is 2.76. The van der Waals surface area contributed by atoms with E-state index in [1.807, 2.05) is 30.3 Å². The van der Waals surface area contributed by atoms with E-state index in [9.17, 15) is 4.79 Å². The summed E-state index contributed by atoms with van der Waals surface area (Å²) in [5, 5.41) is 7.36. The van der Waals surface area contributed by atoms with Crippen LogP contribution in [0.15, 0.2) is 36.5 Å². The first kappa shape index (κ1) is 13.1. The molecule has 4 nitrogen and oxygen atoms in total. The van der Waals surface area contributed by atoms with Gasteiger partial charge in [0.1, 0.15) is 0 Å². The highest BCUT2D eigenvalue weighted by atomic mass is 16.1. The third-order valence-corrected chi connectivity index (χ3v) is 3.83. The van der Waals surface area contributed by atoms with Crippen LogP contribution in [0.1, 0.15) is 29.6 Å². The predicted molar refractivity (Wildman–Crippen MR) is 79.7 cm³/mol. The van der Waals surface area contributed by atoms with Gasteiger partial charge in [0.25, 0.3) is 5.91 Å². The van der Waals surface area contributed by atoms with Crippen LogP contribution in [0.3, 0.4) is 0 Å². The molecule has 20 heavy (non-hydrogen) atoms. The average Bonchev–Trinajstić information content (AvgIpc) is 3.00. The molecule has 1 amide bonds. The van der Waals surface area contributed by atoms with E-state index in [4.69, 9.17) is 0 Å². The molecule has 1 aromatic heterocycles. The molecular weight excluding hydrogens is 250 g/mol. The van der Waals surface area contributed by atoms with Crippen LogP contribution in [0.25, 0.3) is 10.9 Å². The molecule has 104 valence electrons. The molecule has 0 saturated carbocycles. The molecule has 1 aliphatic rings. The first-order valence-corrected chi connectivity index (χ1v) is 7.20. The van der Waals surface area contributed by atoms with Gasteiger partial charge in [-0.05, 0) is 44.0 Å².